The van der Waals surface area contributed by atoms with E-state index in [1.807, 2.05) is 6.92 Å². The summed E-state index contributed by atoms with van der Waals surface area (Å²) < 4.78 is 5.04. The molecule has 16 heavy (non-hydrogen) atoms. The van der Waals surface area contributed by atoms with E-state index in [4.69, 9.17) is 10.5 Å². The Morgan fingerprint density at radius 2 is 2.19 bits per heavy atom. The van der Waals surface area contributed by atoms with Crippen molar-refractivity contribution in [3.63, 3.8) is 0 Å². The smallest absolute Gasteiger partial charge is 0.260 e. The van der Waals surface area contributed by atoms with Gasteiger partial charge in [0.05, 0.1) is 6.10 Å². The van der Waals surface area contributed by atoms with Gasteiger partial charge < -0.3 is 15.6 Å². The molecule has 0 aliphatic carbocycles. The largest absolute Gasteiger partial charge is 0.391 e. The molecule has 0 aromatic carbocycles. The van der Waals surface area contributed by atoms with Gasteiger partial charge in [0.15, 0.2) is 0 Å². The molecule has 1 rings (SSSR count). The van der Waals surface area contributed by atoms with Gasteiger partial charge in [-0.15, -0.1) is 0 Å². The zero-order chi connectivity index (χ0) is 12.5. The SMILES string of the molecule is CC/C=C(\C)C(=O)[C@]1(C(N)=O)O[C@H]1[C@H](C)O. The maximum Gasteiger partial charge on any atom is 0.260 e. The minimum absolute atomic E-state index is 0.435. The third-order valence-corrected chi connectivity index (χ3v) is 2.67. The molecule has 1 fully saturated rings. The Labute approximate surface area is 94.3 Å². The molecule has 0 aromatic heterocycles. The number of ether oxygens (including phenoxy) is 1. The Kier molecular flexibility index (Phi) is 3.50. The summed E-state index contributed by atoms with van der Waals surface area (Å²) in [4.78, 5) is 23.3. The van der Waals surface area contributed by atoms with Crippen LogP contribution in [0.1, 0.15) is 27.2 Å². The van der Waals surface area contributed by atoms with Crippen LogP contribution in [0.5, 0.6) is 0 Å². The van der Waals surface area contributed by atoms with Gasteiger partial charge in [-0.1, -0.05) is 13.0 Å². The van der Waals surface area contributed by atoms with Crippen LogP contribution in [0.2, 0.25) is 0 Å². The number of nitrogens with two attached hydrogens (primary N) is 1. The molecular formula is C11H17NO4. The Balaban J connectivity index is 2.96. The second kappa shape index (κ2) is 4.35. The predicted molar refractivity (Wildman–Crippen MR) is 57.5 cm³/mol. The number of aliphatic hydroxyl groups is 1. The number of hydrogen-bond acceptors (Lipinski definition) is 4. The summed E-state index contributed by atoms with van der Waals surface area (Å²) in [5.41, 5.74) is 3.96. The van der Waals surface area contributed by atoms with Crippen molar-refractivity contribution in [3.05, 3.63) is 11.6 Å². The van der Waals surface area contributed by atoms with Gasteiger partial charge in [0.1, 0.15) is 6.10 Å². The zero-order valence-corrected chi connectivity index (χ0v) is 9.69. The number of rotatable bonds is 5. The average Bonchev–Trinajstić information content (AvgIpc) is 2.93. The summed E-state index contributed by atoms with van der Waals surface area (Å²) >= 11 is 0. The number of carbonyl (C=O) groups excluding carboxylic acids is 2. The first-order valence-corrected chi connectivity index (χ1v) is 5.25. The standard InChI is InChI=1S/C11H17NO4/c1-4-5-6(2)8(14)11(10(12)15)9(16-11)7(3)13/h5,7,9,13H,4H2,1-3H3,(H2,12,15)/b6-5+/t7-,9-,11-/m0/s1. The highest BCUT2D eigenvalue weighted by Crippen LogP contribution is 2.41. The van der Waals surface area contributed by atoms with Crippen molar-refractivity contribution in [1.29, 1.82) is 0 Å². The van der Waals surface area contributed by atoms with E-state index in [1.165, 1.54) is 6.92 Å². The average molecular weight is 227 g/mol. The Bertz CT molecular complexity index is 348. The van der Waals surface area contributed by atoms with Gasteiger partial charge in [-0.2, -0.15) is 0 Å². The first-order valence-electron chi connectivity index (χ1n) is 5.25. The molecule has 5 heteroatoms. The van der Waals surface area contributed by atoms with E-state index in [1.54, 1.807) is 13.0 Å². The van der Waals surface area contributed by atoms with Crippen molar-refractivity contribution in [2.75, 3.05) is 0 Å². The molecule has 0 radical (unpaired) electrons. The summed E-state index contributed by atoms with van der Waals surface area (Å²) in [7, 11) is 0. The number of ketones is 1. The van der Waals surface area contributed by atoms with Crippen LogP contribution in [0.4, 0.5) is 0 Å². The molecule has 90 valence electrons. The van der Waals surface area contributed by atoms with Crippen LogP contribution in [0.25, 0.3) is 0 Å². The zero-order valence-electron chi connectivity index (χ0n) is 9.69. The van der Waals surface area contributed by atoms with E-state index >= 15 is 0 Å². The monoisotopic (exact) mass is 227 g/mol. The van der Waals surface area contributed by atoms with Gasteiger partial charge in [0.25, 0.3) is 5.91 Å². The molecule has 0 unspecified atom stereocenters. The van der Waals surface area contributed by atoms with Crippen LogP contribution in [0.3, 0.4) is 0 Å². The molecule has 1 aliphatic heterocycles. The highest BCUT2D eigenvalue weighted by atomic mass is 16.6. The highest BCUT2D eigenvalue weighted by Gasteiger charge is 2.68. The maximum atomic E-state index is 12.0. The number of aliphatic hydroxyl groups excluding tert-OH is 1. The molecule has 1 amide bonds. The number of allylic oxidation sites excluding steroid dienone is 1. The Morgan fingerprint density at radius 3 is 2.50 bits per heavy atom. The van der Waals surface area contributed by atoms with E-state index < -0.39 is 29.5 Å². The van der Waals surface area contributed by atoms with Crippen LogP contribution < -0.4 is 5.73 Å². The van der Waals surface area contributed by atoms with Crippen molar-refractivity contribution in [1.82, 2.24) is 0 Å². The van der Waals surface area contributed by atoms with Crippen LogP contribution in [0, 0.1) is 0 Å². The maximum absolute atomic E-state index is 12.0. The lowest BCUT2D eigenvalue weighted by atomic mass is 9.91. The lowest BCUT2D eigenvalue weighted by molar-refractivity contribution is -0.131. The van der Waals surface area contributed by atoms with Gasteiger partial charge in [-0.3, -0.25) is 9.59 Å². The van der Waals surface area contributed by atoms with Crippen molar-refractivity contribution in [3.8, 4) is 0 Å². The molecule has 0 bridgehead atoms. The lowest BCUT2D eigenvalue weighted by Gasteiger charge is -2.09. The van der Waals surface area contributed by atoms with Crippen LogP contribution in [-0.2, 0) is 14.3 Å². The number of amides is 1. The van der Waals surface area contributed by atoms with Crippen molar-refractivity contribution in [2.45, 2.75) is 45.0 Å². The topological polar surface area (TPSA) is 92.9 Å². The second-order valence-electron chi connectivity index (χ2n) is 4.00. The summed E-state index contributed by atoms with van der Waals surface area (Å²) in [6, 6.07) is 0. The molecule has 0 saturated carbocycles. The van der Waals surface area contributed by atoms with Crippen LogP contribution in [-0.4, -0.2) is 34.6 Å². The molecule has 0 spiro atoms. The molecule has 1 saturated heterocycles. The third kappa shape index (κ3) is 1.88. The second-order valence-corrected chi connectivity index (χ2v) is 4.00. The fraction of sp³-hybridized carbons (Fsp3) is 0.636. The number of carbonyl (C=O) groups is 2. The number of primary amides is 1. The van der Waals surface area contributed by atoms with E-state index in [-0.39, 0.29) is 0 Å². The van der Waals surface area contributed by atoms with Gasteiger partial charge in [0.2, 0.25) is 11.4 Å². The van der Waals surface area contributed by atoms with E-state index in [2.05, 4.69) is 0 Å². The summed E-state index contributed by atoms with van der Waals surface area (Å²) in [5.74, 6) is -1.29. The van der Waals surface area contributed by atoms with Crippen molar-refractivity contribution >= 4 is 11.7 Å². The van der Waals surface area contributed by atoms with Crippen molar-refractivity contribution < 1.29 is 19.4 Å². The van der Waals surface area contributed by atoms with Gasteiger partial charge in [0, 0.05) is 0 Å². The summed E-state index contributed by atoms with van der Waals surface area (Å²) in [6.07, 6.45) is 0.670. The Hall–Kier alpha value is -1.20. The van der Waals surface area contributed by atoms with E-state index in [9.17, 15) is 14.7 Å². The first kappa shape index (κ1) is 12.9. The minimum Gasteiger partial charge on any atom is -0.391 e. The predicted octanol–water partition coefficient (Wildman–Crippen LogP) is -0.0845. The summed E-state index contributed by atoms with van der Waals surface area (Å²) in [6.45, 7) is 4.95. The summed E-state index contributed by atoms with van der Waals surface area (Å²) in [5, 5.41) is 9.33. The van der Waals surface area contributed by atoms with E-state index in [0.29, 0.717) is 12.0 Å². The molecule has 3 N–H and O–H groups in total. The molecular weight excluding hydrogens is 210 g/mol. The van der Waals surface area contributed by atoms with E-state index in [0.717, 1.165) is 0 Å². The number of hydrogen-bond donors (Lipinski definition) is 2. The van der Waals surface area contributed by atoms with Gasteiger partial charge in [-0.25, -0.2) is 0 Å². The highest BCUT2D eigenvalue weighted by molar-refractivity contribution is 6.19. The van der Waals surface area contributed by atoms with Crippen LogP contribution >= 0.6 is 0 Å². The number of Topliss-reactive ketones (excluding diaryl/α,β-unsaturated/α-hetero) is 1. The van der Waals surface area contributed by atoms with Crippen molar-refractivity contribution in [2.24, 2.45) is 5.73 Å². The van der Waals surface area contributed by atoms with Gasteiger partial charge in [-0.05, 0) is 25.8 Å². The quantitative estimate of drug-likeness (QED) is 0.390. The normalized spacial score (nSPS) is 31.0. The minimum atomic E-state index is -1.65. The number of epoxide rings is 1. The first-order chi connectivity index (χ1) is 7.37. The van der Waals surface area contributed by atoms with Gasteiger partial charge >= 0.3 is 0 Å². The Morgan fingerprint density at radius 1 is 1.62 bits per heavy atom. The fourth-order valence-electron chi connectivity index (χ4n) is 1.79. The lowest BCUT2D eigenvalue weighted by Crippen LogP contribution is -2.44. The molecule has 1 aliphatic rings. The fourth-order valence-corrected chi connectivity index (χ4v) is 1.79. The molecule has 1 heterocycles. The molecule has 5 nitrogen and oxygen atoms in total. The van der Waals surface area contributed by atoms with Crippen LogP contribution in [0.15, 0.2) is 11.6 Å². The molecule has 3 atom stereocenters. The third-order valence-electron chi connectivity index (χ3n) is 2.67. The molecule has 0 aromatic rings.